The fourth-order valence-corrected chi connectivity index (χ4v) is 4.83. The van der Waals surface area contributed by atoms with Crippen molar-refractivity contribution in [1.82, 2.24) is 20.2 Å². The first kappa shape index (κ1) is 18.2. The van der Waals surface area contributed by atoms with Gasteiger partial charge in [-0.15, -0.1) is 11.3 Å². The van der Waals surface area contributed by atoms with Crippen molar-refractivity contribution in [3.63, 3.8) is 0 Å². The molecular weight excluding hydrogens is 356 g/mol. The largest absolute Gasteiger partial charge is 0.350 e. The van der Waals surface area contributed by atoms with Crippen LogP contribution in [-0.4, -0.2) is 33.9 Å². The number of pyridine rings is 1. The summed E-state index contributed by atoms with van der Waals surface area (Å²) in [4.78, 5) is 24.4. The van der Waals surface area contributed by atoms with Crippen LogP contribution in [0.1, 0.15) is 58.7 Å². The third kappa shape index (κ3) is 3.92. The number of nitrogens with one attached hydrogen (secondary N) is 2. The Bertz CT molecular complexity index is 924. The molecule has 1 atom stereocenters. The van der Waals surface area contributed by atoms with Gasteiger partial charge < -0.3 is 10.3 Å². The van der Waals surface area contributed by atoms with E-state index >= 15 is 0 Å². The number of hydrogen-bond acceptors (Lipinski definition) is 4. The molecule has 0 radical (unpaired) electrons. The molecule has 0 spiro atoms. The van der Waals surface area contributed by atoms with Gasteiger partial charge in [0.05, 0.1) is 16.3 Å². The number of H-pyrrole nitrogens is 1. The molecule has 0 saturated carbocycles. The molecule has 1 aliphatic rings. The number of aromatic amines is 1. The van der Waals surface area contributed by atoms with E-state index in [9.17, 15) is 4.79 Å². The first-order chi connectivity index (χ1) is 13.1. The van der Waals surface area contributed by atoms with E-state index in [2.05, 4.69) is 33.2 Å². The van der Waals surface area contributed by atoms with Crippen molar-refractivity contribution in [2.75, 3.05) is 13.1 Å². The number of likely N-dealkylation sites (tertiary alicyclic amines) is 1. The number of fused-ring (bicyclic) bond motifs is 1. The number of carbonyl (C=O) groups excluding carboxylic acids is 1. The van der Waals surface area contributed by atoms with Crippen molar-refractivity contribution in [2.24, 2.45) is 0 Å². The third-order valence-electron chi connectivity index (χ3n) is 5.28. The number of aromatic nitrogens is 2. The number of aryl methyl sites for hydroxylation is 1. The zero-order chi connectivity index (χ0) is 18.8. The Hall–Kier alpha value is -2.18. The molecule has 27 heavy (non-hydrogen) atoms. The van der Waals surface area contributed by atoms with Gasteiger partial charge in [-0.25, -0.2) is 0 Å². The van der Waals surface area contributed by atoms with Gasteiger partial charge in [0, 0.05) is 29.4 Å². The standard InChI is InChI=1S/C21H26N4OS/c1-14-11-18-20(27-14)17(13-25-9-4-3-5-10-25)19(24-18)21(26)23-15(2)16-7-6-8-22-12-16/h6-8,11-12,15,24H,3-5,9-10,13H2,1-2H3,(H,23,26)/t15-/m0/s1. The van der Waals surface area contributed by atoms with Crippen molar-refractivity contribution in [3.8, 4) is 0 Å². The van der Waals surface area contributed by atoms with Gasteiger partial charge in [-0.2, -0.15) is 0 Å². The van der Waals surface area contributed by atoms with Crippen molar-refractivity contribution in [1.29, 1.82) is 0 Å². The molecule has 142 valence electrons. The fourth-order valence-electron chi connectivity index (χ4n) is 3.82. The maximum Gasteiger partial charge on any atom is 0.268 e. The molecule has 5 nitrogen and oxygen atoms in total. The molecular formula is C21H26N4OS. The van der Waals surface area contributed by atoms with Gasteiger partial charge in [-0.3, -0.25) is 14.7 Å². The van der Waals surface area contributed by atoms with Crippen molar-refractivity contribution in [3.05, 3.63) is 52.3 Å². The van der Waals surface area contributed by atoms with Crippen LogP contribution in [0.2, 0.25) is 0 Å². The number of amides is 1. The number of nitrogens with zero attached hydrogens (tertiary/aromatic N) is 2. The zero-order valence-corrected chi connectivity index (χ0v) is 16.7. The summed E-state index contributed by atoms with van der Waals surface area (Å²) < 4.78 is 1.22. The highest BCUT2D eigenvalue weighted by Crippen LogP contribution is 2.32. The smallest absolute Gasteiger partial charge is 0.268 e. The zero-order valence-electron chi connectivity index (χ0n) is 15.9. The van der Waals surface area contributed by atoms with Crippen LogP contribution in [0, 0.1) is 6.92 Å². The molecule has 1 aliphatic heterocycles. The number of rotatable bonds is 5. The van der Waals surface area contributed by atoms with Gasteiger partial charge >= 0.3 is 0 Å². The van der Waals surface area contributed by atoms with E-state index in [0.29, 0.717) is 5.69 Å². The molecule has 2 N–H and O–H groups in total. The molecule has 6 heteroatoms. The van der Waals surface area contributed by atoms with E-state index in [-0.39, 0.29) is 11.9 Å². The van der Waals surface area contributed by atoms with Gasteiger partial charge in [0.1, 0.15) is 5.69 Å². The lowest BCUT2D eigenvalue weighted by molar-refractivity contribution is 0.0933. The van der Waals surface area contributed by atoms with Crippen molar-refractivity contribution < 1.29 is 4.79 Å². The number of piperidine rings is 1. The molecule has 1 saturated heterocycles. The Labute approximate surface area is 163 Å². The van der Waals surface area contributed by atoms with E-state index in [1.807, 2.05) is 19.1 Å². The first-order valence-corrected chi connectivity index (χ1v) is 10.5. The maximum atomic E-state index is 13.1. The number of hydrogen-bond donors (Lipinski definition) is 2. The SMILES string of the molecule is Cc1cc2[nH]c(C(=O)N[C@@H](C)c3cccnc3)c(CN3CCCCC3)c2s1. The van der Waals surface area contributed by atoms with Gasteiger partial charge in [0.25, 0.3) is 5.91 Å². The lowest BCUT2D eigenvalue weighted by Crippen LogP contribution is -2.31. The Morgan fingerprint density at radius 3 is 2.93 bits per heavy atom. The molecule has 3 aromatic heterocycles. The highest BCUT2D eigenvalue weighted by atomic mass is 32.1. The molecule has 0 aliphatic carbocycles. The molecule has 0 unspecified atom stereocenters. The lowest BCUT2D eigenvalue weighted by atomic mass is 10.1. The Balaban J connectivity index is 1.60. The van der Waals surface area contributed by atoms with E-state index in [1.54, 1.807) is 23.7 Å². The summed E-state index contributed by atoms with van der Waals surface area (Å²) in [6.07, 6.45) is 7.35. The van der Waals surface area contributed by atoms with Gasteiger partial charge in [0.2, 0.25) is 0 Å². The van der Waals surface area contributed by atoms with Crippen LogP contribution in [0.25, 0.3) is 10.2 Å². The van der Waals surface area contributed by atoms with Crippen molar-refractivity contribution >= 4 is 27.5 Å². The topological polar surface area (TPSA) is 61.0 Å². The van der Waals surface area contributed by atoms with Crippen LogP contribution in [0.5, 0.6) is 0 Å². The summed E-state index contributed by atoms with van der Waals surface area (Å²) in [7, 11) is 0. The van der Waals surface area contributed by atoms with Crippen LogP contribution in [0.4, 0.5) is 0 Å². The minimum Gasteiger partial charge on any atom is -0.350 e. The van der Waals surface area contributed by atoms with Crippen LogP contribution >= 0.6 is 11.3 Å². The Morgan fingerprint density at radius 2 is 2.19 bits per heavy atom. The third-order valence-corrected chi connectivity index (χ3v) is 6.39. The second-order valence-corrected chi connectivity index (χ2v) is 8.65. The molecule has 4 rings (SSSR count). The first-order valence-electron chi connectivity index (χ1n) is 9.66. The van der Waals surface area contributed by atoms with Crippen LogP contribution in [0.15, 0.2) is 30.6 Å². The normalized spacial score (nSPS) is 16.5. The van der Waals surface area contributed by atoms with E-state index < -0.39 is 0 Å². The van der Waals surface area contributed by atoms with Crippen LogP contribution < -0.4 is 5.32 Å². The van der Waals surface area contributed by atoms with Gasteiger partial charge in [0.15, 0.2) is 0 Å². The summed E-state index contributed by atoms with van der Waals surface area (Å²) in [6, 6.07) is 5.94. The number of carbonyl (C=O) groups is 1. The minimum atomic E-state index is -0.0860. The molecule has 1 fully saturated rings. The van der Waals surface area contributed by atoms with Crippen molar-refractivity contribution in [2.45, 2.75) is 45.7 Å². The molecule has 1 amide bonds. The summed E-state index contributed by atoms with van der Waals surface area (Å²) in [6.45, 7) is 7.18. The lowest BCUT2D eigenvalue weighted by Gasteiger charge is -2.26. The predicted octanol–water partition coefficient (Wildman–Crippen LogP) is 4.41. The van der Waals surface area contributed by atoms with E-state index in [0.717, 1.165) is 36.3 Å². The predicted molar refractivity (Wildman–Crippen MR) is 110 cm³/mol. The minimum absolute atomic E-state index is 0.0422. The second kappa shape index (κ2) is 7.82. The molecule has 0 bridgehead atoms. The van der Waals surface area contributed by atoms with E-state index in [4.69, 9.17) is 0 Å². The van der Waals surface area contributed by atoms with Gasteiger partial charge in [-0.1, -0.05) is 12.5 Å². The molecule has 0 aromatic carbocycles. The summed E-state index contributed by atoms with van der Waals surface area (Å²) in [5.41, 5.74) is 3.93. The quantitative estimate of drug-likeness (QED) is 0.687. The highest BCUT2D eigenvalue weighted by molar-refractivity contribution is 7.19. The fraction of sp³-hybridized carbons (Fsp3) is 0.429. The number of thiophene rings is 1. The summed E-state index contributed by atoms with van der Waals surface area (Å²) >= 11 is 1.77. The average Bonchev–Trinajstić information content (AvgIpc) is 3.20. The maximum absolute atomic E-state index is 13.1. The van der Waals surface area contributed by atoms with Gasteiger partial charge in [-0.05, 0) is 57.5 Å². The Kier molecular flexibility index (Phi) is 5.27. The highest BCUT2D eigenvalue weighted by Gasteiger charge is 2.23. The van der Waals surface area contributed by atoms with E-state index in [1.165, 1.54) is 28.8 Å². The Morgan fingerprint density at radius 1 is 1.37 bits per heavy atom. The molecule has 3 aromatic rings. The second-order valence-electron chi connectivity index (χ2n) is 7.40. The average molecular weight is 383 g/mol. The van der Waals surface area contributed by atoms with Crippen LogP contribution in [-0.2, 0) is 6.54 Å². The summed E-state index contributed by atoms with van der Waals surface area (Å²) in [5, 5.41) is 3.13. The van der Waals surface area contributed by atoms with Crippen LogP contribution in [0.3, 0.4) is 0 Å². The summed E-state index contributed by atoms with van der Waals surface area (Å²) in [5.74, 6) is -0.0422. The monoisotopic (exact) mass is 382 g/mol. The molecule has 4 heterocycles.